The third-order valence-electron chi connectivity index (χ3n) is 6.43. The second kappa shape index (κ2) is 3.12. The molecule has 1 aliphatic carbocycles. The Kier molecular flexibility index (Phi) is 2.66. The van der Waals surface area contributed by atoms with E-state index < -0.39 is 0 Å². The topological polar surface area (TPSA) is 0 Å². The van der Waals surface area contributed by atoms with E-state index in [4.69, 9.17) is 0 Å². The van der Waals surface area contributed by atoms with Crippen LogP contribution in [-0.2, 0) is 0 Å². The van der Waals surface area contributed by atoms with E-state index in [9.17, 15) is 0 Å². The highest BCUT2D eigenvalue weighted by atomic mass is 14.6. The Morgan fingerprint density at radius 2 is 1.27 bits per heavy atom. The molecule has 0 aromatic carbocycles. The van der Waals surface area contributed by atoms with Crippen molar-refractivity contribution in [3.63, 3.8) is 0 Å². The molecule has 0 aromatic heterocycles. The molecule has 0 saturated heterocycles. The first-order chi connectivity index (χ1) is 6.48. The van der Waals surface area contributed by atoms with Crippen molar-refractivity contribution in [2.24, 2.45) is 22.2 Å². The minimum Gasteiger partial charge on any atom is -0.0705 e. The summed E-state index contributed by atoms with van der Waals surface area (Å²) in [6.07, 6.45) is 0. The van der Waals surface area contributed by atoms with Gasteiger partial charge in [0.15, 0.2) is 0 Å². The summed E-state index contributed by atoms with van der Waals surface area (Å²) in [6.45, 7) is 21.5. The van der Waals surface area contributed by atoms with Gasteiger partial charge in [-0.2, -0.15) is 0 Å². The van der Waals surface area contributed by atoms with E-state index in [0.717, 1.165) is 0 Å². The average Bonchev–Trinajstić information content (AvgIpc) is 2.12. The van der Waals surface area contributed by atoms with Crippen LogP contribution in [0.3, 0.4) is 0 Å². The summed E-state index contributed by atoms with van der Waals surface area (Å²) in [5.74, 6) is 0.681. The number of allylic oxidation sites excluding steroid dienone is 2. The Hall–Kier alpha value is -0.260. The highest BCUT2D eigenvalue weighted by Crippen LogP contribution is 2.63. The summed E-state index contributed by atoms with van der Waals surface area (Å²) in [6, 6.07) is 0. The van der Waals surface area contributed by atoms with Crippen molar-refractivity contribution in [1.29, 1.82) is 0 Å². The number of hydrogen-bond donors (Lipinski definition) is 0. The van der Waals surface area contributed by atoms with Gasteiger partial charge in [0, 0.05) is 0 Å². The van der Waals surface area contributed by atoms with Gasteiger partial charge in [-0.05, 0) is 36.0 Å². The molecule has 0 aromatic rings. The van der Waals surface area contributed by atoms with Crippen LogP contribution in [0.15, 0.2) is 11.1 Å². The van der Waals surface area contributed by atoms with Gasteiger partial charge in [-0.3, -0.25) is 0 Å². The maximum absolute atomic E-state index is 2.43. The smallest absolute Gasteiger partial charge is 0.00883 e. The minimum absolute atomic E-state index is 0.299. The van der Waals surface area contributed by atoms with Crippen LogP contribution in [0, 0.1) is 22.2 Å². The van der Waals surface area contributed by atoms with Crippen LogP contribution >= 0.6 is 0 Å². The van der Waals surface area contributed by atoms with Gasteiger partial charge < -0.3 is 0 Å². The molecule has 0 fully saturated rings. The highest BCUT2D eigenvalue weighted by Gasteiger charge is 2.54. The molecule has 15 heavy (non-hydrogen) atoms. The van der Waals surface area contributed by atoms with E-state index in [0.29, 0.717) is 22.2 Å². The normalized spacial score (nSPS) is 33.0. The lowest BCUT2D eigenvalue weighted by atomic mass is 9.45. The quantitative estimate of drug-likeness (QED) is 0.489. The van der Waals surface area contributed by atoms with E-state index in [1.54, 1.807) is 11.1 Å². The van der Waals surface area contributed by atoms with Crippen molar-refractivity contribution in [1.82, 2.24) is 0 Å². The van der Waals surface area contributed by atoms with Crippen LogP contribution in [0.1, 0.15) is 62.3 Å². The fourth-order valence-corrected chi connectivity index (χ4v) is 3.17. The van der Waals surface area contributed by atoms with Crippen molar-refractivity contribution in [2.75, 3.05) is 0 Å². The molecule has 0 saturated carbocycles. The monoisotopic (exact) mass is 208 g/mol. The number of rotatable bonds is 0. The Morgan fingerprint density at radius 1 is 0.867 bits per heavy atom. The maximum atomic E-state index is 2.43. The van der Waals surface area contributed by atoms with Crippen LogP contribution in [0.2, 0.25) is 0 Å². The van der Waals surface area contributed by atoms with Crippen molar-refractivity contribution in [2.45, 2.75) is 62.3 Å². The lowest BCUT2D eigenvalue weighted by Gasteiger charge is -2.60. The maximum Gasteiger partial charge on any atom is -0.00883 e. The number of hydrogen-bond acceptors (Lipinski definition) is 0. The summed E-state index contributed by atoms with van der Waals surface area (Å²) in [5.41, 5.74) is 4.19. The molecule has 0 amide bonds. The summed E-state index contributed by atoms with van der Waals surface area (Å²) in [5, 5.41) is 0. The van der Waals surface area contributed by atoms with Crippen LogP contribution in [0.5, 0.6) is 0 Å². The van der Waals surface area contributed by atoms with Crippen molar-refractivity contribution >= 4 is 0 Å². The molecule has 1 unspecified atom stereocenters. The Bertz CT molecular complexity index is 300. The van der Waals surface area contributed by atoms with Gasteiger partial charge in [-0.25, -0.2) is 0 Å². The summed E-state index contributed by atoms with van der Waals surface area (Å²) in [4.78, 5) is 0. The molecule has 0 heteroatoms. The van der Waals surface area contributed by atoms with Crippen molar-refractivity contribution in [3.8, 4) is 0 Å². The van der Waals surface area contributed by atoms with Gasteiger partial charge in [0.25, 0.3) is 0 Å². The zero-order chi connectivity index (χ0) is 12.2. The molecule has 0 nitrogen and oxygen atoms in total. The molecular formula is C15H28. The van der Waals surface area contributed by atoms with Gasteiger partial charge in [-0.15, -0.1) is 0 Å². The van der Waals surface area contributed by atoms with Crippen LogP contribution in [0.25, 0.3) is 0 Å². The third-order valence-corrected chi connectivity index (χ3v) is 6.43. The molecule has 1 atom stereocenters. The molecule has 1 rings (SSSR count). The largest absolute Gasteiger partial charge is 0.0705 e. The van der Waals surface area contributed by atoms with Gasteiger partial charge >= 0.3 is 0 Å². The predicted octanol–water partition coefficient (Wildman–Crippen LogP) is 5.05. The van der Waals surface area contributed by atoms with E-state index in [1.807, 2.05) is 0 Å². The Balaban J connectivity index is 3.49. The molecule has 0 spiro atoms. The fourth-order valence-electron chi connectivity index (χ4n) is 3.17. The van der Waals surface area contributed by atoms with Gasteiger partial charge in [0.2, 0.25) is 0 Å². The molecule has 0 bridgehead atoms. The summed E-state index contributed by atoms with van der Waals surface area (Å²) >= 11 is 0. The zero-order valence-corrected chi connectivity index (χ0v) is 12.1. The third kappa shape index (κ3) is 1.33. The van der Waals surface area contributed by atoms with Crippen LogP contribution < -0.4 is 0 Å². The fraction of sp³-hybridized carbons (Fsp3) is 0.867. The van der Waals surface area contributed by atoms with E-state index in [1.165, 1.54) is 0 Å². The van der Waals surface area contributed by atoms with Crippen molar-refractivity contribution in [3.05, 3.63) is 11.1 Å². The Morgan fingerprint density at radius 3 is 1.67 bits per heavy atom. The molecule has 1 aliphatic rings. The molecular weight excluding hydrogens is 180 g/mol. The lowest BCUT2D eigenvalue weighted by molar-refractivity contribution is -0.0413. The average molecular weight is 208 g/mol. The van der Waals surface area contributed by atoms with E-state index in [2.05, 4.69) is 62.3 Å². The standard InChI is InChI=1S/C15H28/c1-10-11(2)13(4,5)15(8,9)14(6,7)12(10)3/h11H,1-9H3. The Labute approximate surface area is 96.2 Å². The second-order valence-corrected chi connectivity index (χ2v) is 7.00. The second-order valence-electron chi connectivity index (χ2n) is 7.00. The van der Waals surface area contributed by atoms with Gasteiger partial charge in [0.05, 0.1) is 0 Å². The van der Waals surface area contributed by atoms with Gasteiger partial charge in [-0.1, -0.05) is 59.6 Å². The summed E-state index contributed by atoms with van der Waals surface area (Å²) < 4.78 is 0. The molecule has 88 valence electrons. The highest BCUT2D eigenvalue weighted by molar-refractivity contribution is 5.29. The first-order valence-electron chi connectivity index (χ1n) is 6.15. The van der Waals surface area contributed by atoms with E-state index >= 15 is 0 Å². The van der Waals surface area contributed by atoms with Crippen molar-refractivity contribution < 1.29 is 0 Å². The van der Waals surface area contributed by atoms with Crippen LogP contribution in [-0.4, -0.2) is 0 Å². The first kappa shape index (κ1) is 12.8. The van der Waals surface area contributed by atoms with Gasteiger partial charge in [0.1, 0.15) is 0 Å². The first-order valence-corrected chi connectivity index (χ1v) is 6.15. The SMILES string of the molecule is CC1=C(C)C(C)(C)C(C)(C)C(C)(C)C1C. The van der Waals surface area contributed by atoms with E-state index in [-0.39, 0.29) is 0 Å². The predicted molar refractivity (Wildman–Crippen MR) is 68.9 cm³/mol. The van der Waals surface area contributed by atoms with Crippen LogP contribution in [0.4, 0.5) is 0 Å². The molecule has 0 aliphatic heterocycles. The molecule has 0 heterocycles. The summed E-state index contributed by atoms with van der Waals surface area (Å²) in [7, 11) is 0. The lowest BCUT2D eigenvalue weighted by Crippen LogP contribution is -2.52. The molecule has 0 N–H and O–H groups in total. The molecule has 0 radical (unpaired) electrons. The minimum atomic E-state index is 0.299. The zero-order valence-electron chi connectivity index (χ0n) is 12.1.